The lowest BCUT2D eigenvalue weighted by molar-refractivity contribution is -0.384. The Balaban J connectivity index is 1.50. The van der Waals surface area contributed by atoms with Crippen molar-refractivity contribution in [3.05, 3.63) is 160 Å². The molecule has 0 bridgehead atoms. The van der Waals surface area contributed by atoms with Crippen LogP contribution in [0.15, 0.2) is 112 Å². The molecule has 0 unspecified atom stereocenters. The van der Waals surface area contributed by atoms with Crippen LogP contribution >= 0.6 is 22.9 Å². The predicted molar refractivity (Wildman–Crippen MR) is 183 cm³/mol. The summed E-state index contributed by atoms with van der Waals surface area (Å²) in [6, 6.07) is 26.8. The SMILES string of the molecule is CCOC(=O)C1=C(c2ccccc2)N=c2s/c(=C\c3cc(Cl)ccc3OCc3ccc([N+](=O)[O-])cc3)c(=O)n2[C@@H]1c1ccc(OC)cc1. The van der Waals surface area contributed by atoms with Crippen LogP contribution in [-0.4, -0.2) is 29.2 Å². The summed E-state index contributed by atoms with van der Waals surface area (Å²) < 4.78 is 18.8. The van der Waals surface area contributed by atoms with E-state index in [1.54, 1.807) is 62.6 Å². The first-order chi connectivity index (χ1) is 23.3. The molecule has 0 spiro atoms. The third kappa shape index (κ3) is 6.64. The minimum absolute atomic E-state index is 0.0178. The summed E-state index contributed by atoms with van der Waals surface area (Å²) in [6.45, 7) is 1.99. The highest BCUT2D eigenvalue weighted by molar-refractivity contribution is 7.07. The van der Waals surface area contributed by atoms with Gasteiger partial charge in [-0.1, -0.05) is 65.4 Å². The molecule has 48 heavy (non-hydrogen) atoms. The van der Waals surface area contributed by atoms with Gasteiger partial charge in [-0.05, 0) is 66.6 Å². The zero-order chi connectivity index (χ0) is 33.8. The van der Waals surface area contributed by atoms with Crippen LogP contribution in [0, 0.1) is 10.1 Å². The Bertz CT molecular complexity index is 2210. The first-order valence-corrected chi connectivity index (χ1v) is 16.0. The number of aromatic nitrogens is 1. The number of halogens is 1. The fourth-order valence-electron chi connectivity index (χ4n) is 5.32. The number of nitro groups is 1. The molecule has 0 N–H and O–H groups in total. The van der Waals surface area contributed by atoms with Gasteiger partial charge in [0, 0.05) is 28.3 Å². The molecule has 12 heteroatoms. The number of nitro benzene ring substituents is 1. The van der Waals surface area contributed by atoms with E-state index in [2.05, 4.69) is 0 Å². The highest BCUT2D eigenvalue weighted by atomic mass is 35.5. The molecule has 6 rings (SSSR count). The maximum atomic E-state index is 14.3. The fraction of sp³-hybridized carbons (Fsp3) is 0.139. The van der Waals surface area contributed by atoms with Crippen LogP contribution in [0.1, 0.15) is 35.2 Å². The van der Waals surface area contributed by atoms with Crippen molar-refractivity contribution in [2.75, 3.05) is 13.7 Å². The van der Waals surface area contributed by atoms with Gasteiger partial charge in [0.05, 0.1) is 40.5 Å². The average molecular weight is 682 g/mol. The van der Waals surface area contributed by atoms with Gasteiger partial charge in [0.2, 0.25) is 0 Å². The number of fused-ring (bicyclic) bond motifs is 1. The summed E-state index contributed by atoms with van der Waals surface area (Å²) in [5, 5.41) is 11.5. The Hall–Kier alpha value is -5.52. The molecule has 0 amide bonds. The number of methoxy groups -OCH3 is 1. The van der Waals surface area contributed by atoms with Gasteiger partial charge in [0.15, 0.2) is 4.80 Å². The fourth-order valence-corrected chi connectivity index (χ4v) is 6.49. The van der Waals surface area contributed by atoms with Gasteiger partial charge in [0.25, 0.3) is 11.2 Å². The molecule has 1 aliphatic rings. The topological polar surface area (TPSA) is 122 Å². The Labute approximate surface area is 283 Å². The minimum atomic E-state index is -0.846. The molecule has 1 aliphatic heterocycles. The normalized spacial score (nSPS) is 14.2. The molecule has 0 radical (unpaired) electrons. The lowest BCUT2D eigenvalue weighted by Gasteiger charge is -2.26. The summed E-state index contributed by atoms with van der Waals surface area (Å²) in [5.74, 6) is 0.498. The molecule has 0 saturated carbocycles. The highest BCUT2D eigenvalue weighted by Crippen LogP contribution is 2.36. The number of carbonyl (C=O) groups excluding carboxylic acids is 1. The Morgan fingerprint density at radius 1 is 1.04 bits per heavy atom. The van der Waals surface area contributed by atoms with Crippen LogP contribution < -0.4 is 24.4 Å². The van der Waals surface area contributed by atoms with Gasteiger partial charge in [-0.15, -0.1) is 0 Å². The van der Waals surface area contributed by atoms with Crippen molar-refractivity contribution in [3.63, 3.8) is 0 Å². The molecule has 0 saturated heterocycles. The van der Waals surface area contributed by atoms with Crippen molar-refractivity contribution in [1.82, 2.24) is 4.57 Å². The van der Waals surface area contributed by atoms with Gasteiger partial charge in [-0.2, -0.15) is 0 Å². The van der Waals surface area contributed by atoms with Crippen molar-refractivity contribution in [2.45, 2.75) is 19.6 Å². The molecule has 4 aromatic carbocycles. The van der Waals surface area contributed by atoms with E-state index in [0.29, 0.717) is 48.2 Å². The average Bonchev–Trinajstić information content (AvgIpc) is 3.41. The number of hydrogen-bond donors (Lipinski definition) is 0. The number of benzene rings is 4. The monoisotopic (exact) mass is 681 g/mol. The molecule has 5 aromatic rings. The summed E-state index contributed by atoms with van der Waals surface area (Å²) in [4.78, 5) is 43.8. The third-order valence-electron chi connectivity index (χ3n) is 7.61. The zero-order valence-corrected chi connectivity index (χ0v) is 27.4. The van der Waals surface area contributed by atoms with Gasteiger partial charge < -0.3 is 14.2 Å². The zero-order valence-electron chi connectivity index (χ0n) is 25.8. The predicted octanol–water partition coefficient (Wildman–Crippen LogP) is 6.08. The van der Waals surface area contributed by atoms with Crippen molar-refractivity contribution in [1.29, 1.82) is 0 Å². The second kappa shape index (κ2) is 14.1. The Morgan fingerprint density at radius 2 is 1.77 bits per heavy atom. The van der Waals surface area contributed by atoms with Gasteiger partial charge in [-0.3, -0.25) is 19.5 Å². The largest absolute Gasteiger partial charge is 0.497 e. The number of hydrogen-bond acceptors (Lipinski definition) is 9. The van der Waals surface area contributed by atoms with Gasteiger partial charge in [-0.25, -0.2) is 9.79 Å². The smallest absolute Gasteiger partial charge is 0.338 e. The van der Waals surface area contributed by atoms with Crippen LogP contribution in [0.2, 0.25) is 5.02 Å². The van der Waals surface area contributed by atoms with E-state index in [0.717, 1.165) is 5.56 Å². The quantitative estimate of drug-likeness (QED) is 0.0994. The van der Waals surface area contributed by atoms with E-state index < -0.39 is 16.9 Å². The molecule has 2 heterocycles. The van der Waals surface area contributed by atoms with Crippen LogP contribution in [0.25, 0.3) is 11.8 Å². The van der Waals surface area contributed by atoms with Crippen molar-refractivity contribution < 1.29 is 23.9 Å². The van der Waals surface area contributed by atoms with E-state index in [-0.39, 0.29) is 30.0 Å². The molecular formula is C36H28ClN3O7S. The molecule has 242 valence electrons. The third-order valence-corrected chi connectivity index (χ3v) is 8.82. The summed E-state index contributed by atoms with van der Waals surface area (Å²) in [6.07, 6.45) is 1.68. The number of rotatable bonds is 10. The standard InChI is InChI=1S/C36H28ClN3O7S/c1-3-46-35(42)31-32(23-7-5-4-6-8-23)38-36-39(33(31)24-11-16-28(45-2)17-12-24)34(41)30(48-36)20-25-19-26(37)13-18-29(25)47-21-22-9-14-27(15-10-22)40(43)44/h4-20,33H,3,21H2,1-2H3/b30-20-/t33-/m1/s1. The molecule has 0 aliphatic carbocycles. The minimum Gasteiger partial charge on any atom is -0.497 e. The first kappa shape index (κ1) is 32.4. The highest BCUT2D eigenvalue weighted by Gasteiger charge is 2.35. The Morgan fingerprint density at radius 3 is 2.44 bits per heavy atom. The molecular weight excluding hydrogens is 654 g/mol. The molecule has 0 fully saturated rings. The van der Waals surface area contributed by atoms with E-state index in [1.807, 2.05) is 42.5 Å². The van der Waals surface area contributed by atoms with Crippen LogP contribution in [0.3, 0.4) is 0 Å². The van der Waals surface area contributed by atoms with Crippen molar-refractivity contribution in [2.24, 2.45) is 4.99 Å². The van der Waals surface area contributed by atoms with Gasteiger partial charge in [0.1, 0.15) is 18.1 Å². The number of esters is 1. The van der Waals surface area contributed by atoms with E-state index in [1.165, 1.54) is 28.0 Å². The van der Waals surface area contributed by atoms with Crippen molar-refractivity contribution in [3.8, 4) is 11.5 Å². The maximum absolute atomic E-state index is 14.3. The van der Waals surface area contributed by atoms with Crippen LogP contribution in [0.4, 0.5) is 5.69 Å². The van der Waals surface area contributed by atoms with E-state index in [4.69, 9.17) is 30.8 Å². The molecule has 10 nitrogen and oxygen atoms in total. The summed E-state index contributed by atoms with van der Waals surface area (Å²) in [5.41, 5.74) is 2.91. The number of carbonyl (C=O) groups is 1. The maximum Gasteiger partial charge on any atom is 0.338 e. The summed E-state index contributed by atoms with van der Waals surface area (Å²) >= 11 is 7.56. The first-order valence-electron chi connectivity index (χ1n) is 14.9. The second-order valence-electron chi connectivity index (χ2n) is 10.6. The second-order valence-corrected chi connectivity index (χ2v) is 12.0. The lowest BCUT2D eigenvalue weighted by atomic mass is 9.93. The number of ether oxygens (including phenoxy) is 3. The lowest BCUT2D eigenvalue weighted by Crippen LogP contribution is -2.40. The number of thiazole rings is 1. The van der Waals surface area contributed by atoms with E-state index in [9.17, 15) is 19.7 Å². The molecule has 1 atom stereocenters. The van der Waals surface area contributed by atoms with Crippen LogP contribution in [-0.2, 0) is 16.1 Å². The van der Waals surface area contributed by atoms with Crippen molar-refractivity contribution >= 4 is 46.4 Å². The molecule has 1 aromatic heterocycles. The Kier molecular flexibility index (Phi) is 9.51. The number of nitrogens with zero attached hydrogens (tertiary/aromatic N) is 3. The van der Waals surface area contributed by atoms with E-state index >= 15 is 0 Å². The number of non-ortho nitro benzene ring substituents is 1. The van der Waals surface area contributed by atoms with Gasteiger partial charge >= 0.3 is 5.97 Å². The summed E-state index contributed by atoms with van der Waals surface area (Å²) in [7, 11) is 1.56. The van der Waals surface area contributed by atoms with Crippen LogP contribution in [0.5, 0.6) is 11.5 Å².